The third-order valence-electron chi connectivity index (χ3n) is 3.77. The van der Waals surface area contributed by atoms with Crippen molar-refractivity contribution in [2.75, 3.05) is 11.9 Å². The number of aromatic nitrogens is 1. The molecule has 1 aromatic carbocycles. The summed E-state index contributed by atoms with van der Waals surface area (Å²) in [5.41, 5.74) is -1.19. The smallest absolute Gasteiger partial charge is 0.350 e. The lowest BCUT2D eigenvalue weighted by molar-refractivity contribution is -0.113. The number of esters is 1. The molecule has 2 rings (SSSR count). The average Bonchev–Trinajstić information content (AvgIpc) is 3.07. The number of carbonyl (C=O) groups is 4. The second-order valence-electron chi connectivity index (χ2n) is 6.08. The van der Waals surface area contributed by atoms with Crippen molar-refractivity contribution in [1.82, 2.24) is 4.98 Å². The molecule has 4 N–H and O–H groups in total. The van der Waals surface area contributed by atoms with Gasteiger partial charge in [-0.1, -0.05) is 11.3 Å². The zero-order valence-corrected chi connectivity index (χ0v) is 17.9. The Bertz CT molecular complexity index is 1150. The van der Waals surface area contributed by atoms with Gasteiger partial charge in [-0.3, -0.25) is 10.1 Å². The Balaban J connectivity index is 2.33. The van der Waals surface area contributed by atoms with Crippen molar-refractivity contribution >= 4 is 46.0 Å². The molecule has 0 aliphatic rings. The summed E-state index contributed by atoms with van der Waals surface area (Å²) in [5, 5.41) is 37.8. The number of nitrogens with zero attached hydrogens (tertiary/aromatic N) is 3. The van der Waals surface area contributed by atoms with Gasteiger partial charge in [0.15, 0.2) is 10.8 Å². The zero-order valence-electron chi connectivity index (χ0n) is 17.1. The molecule has 0 spiro atoms. The number of carboxylic acid groups (broad SMARTS) is 2. The van der Waals surface area contributed by atoms with Crippen LogP contribution < -0.4 is 5.32 Å². The van der Waals surface area contributed by atoms with E-state index in [1.54, 1.807) is 13.8 Å². The Morgan fingerprint density at radius 2 is 1.84 bits per heavy atom. The molecule has 0 radical (unpaired) electrons. The Morgan fingerprint density at radius 1 is 1.16 bits per heavy atom. The number of carboxylic acids is 2. The van der Waals surface area contributed by atoms with E-state index in [1.807, 2.05) is 0 Å². The summed E-state index contributed by atoms with van der Waals surface area (Å²) in [6, 6.07) is 3.08. The lowest BCUT2D eigenvalue weighted by Gasteiger charge is -2.04. The number of aromatic carboxylic acids is 2. The number of anilines is 1. The minimum absolute atomic E-state index is 0.0311. The molecule has 168 valence electrons. The van der Waals surface area contributed by atoms with Gasteiger partial charge >= 0.3 is 17.9 Å². The van der Waals surface area contributed by atoms with Crippen LogP contribution in [0.1, 0.15) is 49.9 Å². The first-order chi connectivity index (χ1) is 15.0. The number of carbonyl (C=O) groups excluding carboxylic acids is 2. The highest BCUT2D eigenvalue weighted by molar-refractivity contribution is 7.17. The number of hydrogen-bond donors (Lipinski definition) is 4. The number of aliphatic hydroxyl groups is 1. The van der Waals surface area contributed by atoms with Gasteiger partial charge in [-0.05, 0) is 39.0 Å². The first-order valence-corrected chi connectivity index (χ1v) is 9.74. The van der Waals surface area contributed by atoms with Crippen LogP contribution in [0.3, 0.4) is 0 Å². The van der Waals surface area contributed by atoms with E-state index in [4.69, 9.17) is 9.84 Å². The van der Waals surface area contributed by atoms with Crippen LogP contribution in [-0.4, -0.2) is 50.7 Å². The molecule has 0 aliphatic heterocycles. The normalized spacial score (nSPS) is 11.7. The van der Waals surface area contributed by atoms with Crippen molar-refractivity contribution in [2.24, 2.45) is 10.2 Å². The van der Waals surface area contributed by atoms with Crippen LogP contribution in [-0.2, 0) is 9.53 Å². The number of aliphatic hydroxyl groups excluding tert-OH is 1. The second kappa shape index (κ2) is 10.3. The van der Waals surface area contributed by atoms with Crippen molar-refractivity contribution in [2.45, 2.75) is 20.8 Å². The third kappa shape index (κ3) is 5.72. The van der Waals surface area contributed by atoms with Gasteiger partial charge < -0.3 is 20.1 Å². The molecule has 0 bridgehead atoms. The average molecular weight is 462 g/mol. The number of nitrogens with one attached hydrogen (secondary N) is 1. The van der Waals surface area contributed by atoms with Crippen LogP contribution in [0.5, 0.6) is 0 Å². The zero-order chi connectivity index (χ0) is 24.0. The molecule has 0 atom stereocenters. The summed E-state index contributed by atoms with van der Waals surface area (Å²) < 4.78 is 4.90. The molecular weight excluding hydrogens is 444 g/mol. The third-order valence-corrected chi connectivity index (χ3v) is 4.82. The second-order valence-corrected chi connectivity index (χ2v) is 7.08. The molecule has 0 aliphatic carbocycles. The fraction of sp³-hybridized carbons (Fsp3) is 0.211. The van der Waals surface area contributed by atoms with Crippen molar-refractivity contribution < 1.29 is 39.2 Å². The van der Waals surface area contributed by atoms with Crippen molar-refractivity contribution in [3.63, 3.8) is 0 Å². The maximum absolute atomic E-state index is 12.5. The van der Waals surface area contributed by atoms with Crippen LogP contribution in [0.25, 0.3) is 0 Å². The van der Waals surface area contributed by atoms with E-state index in [9.17, 15) is 29.4 Å². The predicted molar refractivity (Wildman–Crippen MR) is 112 cm³/mol. The maximum atomic E-state index is 12.5. The summed E-state index contributed by atoms with van der Waals surface area (Å²) >= 11 is 0.854. The van der Waals surface area contributed by atoms with Crippen LogP contribution in [0.15, 0.2) is 39.9 Å². The van der Waals surface area contributed by atoms with Crippen LogP contribution in [0, 0.1) is 6.92 Å². The monoisotopic (exact) mass is 462 g/mol. The van der Waals surface area contributed by atoms with Crippen LogP contribution in [0.2, 0.25) is 0 Å². The van der Waals surface area contributed by atoms with Crippen molar-refractivity contribution in [3.8, 4) is 0 Å². The summed E-state index contributed by atoms with van der Waals surface area (Å²) in [6.45, 7) is 4.51. The largest absolute Gasteiger partial charge is 0.510 e. The lowest BCUT2D eigenvalue weighted by atomic mass is 10.1. The summed E-state index contributed by atoms with van der Waals surface area (Å²) in [5.74, 6) is -4.80. The number of thiazole rings is 1. The molecule has 0 saturated carbocycles. The number of amides is 1. The summed E-state index contributed by atoms with van der Waals surface area (Å²) in [7, 11) is 0. The topological polar surface area (TPSA) is 188 Å². The molecule has 32 heavy (non-hydrogen) atoms. The number of azo groups is 1. The van der Waals surface area contributed by atoms with Gasteiger partial charge in [-0.25, -0.2) is 19.4 Å². The highest BCUT2D eigenvalue weighted by Gasteiger charge is 2.21. The van der Waals surface area contributed by atoms with Gasteiger partial charge in [0.1, 0.15) is 16.3 Å². The number of aryl methyl sites for hydroxylation is 1. The standard InChI is InChI=1S/C19H18N4O8S/c1-4-31-18(30)14-8(2)20-19(32-14)21-15(25)13(9(3)24)23-22-12-7-10(16(26)27)5-6-11(12)17(28)29/h5-7,24H,4H2,1-3H3,(H,26,27)(H,28,29)(H,20,21,25). The van der Waals surface area contributed by atoms with Crippen molar-refractivity contribution in [1.29, 1.82) is 0 Å². The van der Waals surface area contributed by atoms with Gasteiger partial charge in [0.25, 0.3) is 5.91 Å². The highest BCUT2D eigenvalue weighted by Crippen LogP contribution is 2.26. The van der Waals surface area contributed by atoms with E-state index in [1.165, 1.54) is 0 Å². The van der Waals surface area contributed by atoms with Gasteiger partial charge in [0.2, 0.25) is 0 Å². The molecule has 0 unspecified atom stereocenters. The Kier molecular flexibility index (Phi) is 7.74. The highest BCUT2D eigenvalue weighted by atomic mass is 32.1. The van der Waals surface area contributed by atoms with E-state index in [2.05, 4.69) is 20.5 Å². The van der Waals surface area contributed by atoms with Crippen molar-refractivity contribution in [3.05, 3.63) is 51.4 Å². The summed E-state index contributed by atoms with van der Waals surface area (Å²) in [4.78, 5) is 51.2. The quantitative estimate of drug-likeness (QED) is 0.197. The van der Waals surface area contributed by atoms with E-state index >= 15 is 0 Å². The van der Waals surface area contributed by atoms with Gasteiger partial charge in [0.05, 0.1) is 23.4 Å². The number of rotatable bonds is 8. The molecule has 2 aromatic rings. The van der Waals surface area contributed by atoms with Crippen LogP contribution in [0.4, 0.5) is 10.8 Å². The van der Waals surface area contributed by atoms with E-state index in [0.717, 1.165) is 36.5 Å². The molecule has 0 fully saturated rings. The Morgan fingerprint density at radius 3 is 2.41 bits per heavy atom. The predicted octanol–water partition coefficient (Wildman–Crippen LogP) is 3.54. The minimum Gasteiger partial charge on any atom is -0.510 e. The molecule has 0 saturated heterocycles. The minimum atomic E-state index is -1.39. The van der Waals surface area contributed by atoms with E-state index in [0.29, 0.717) is 5.69 Å². The number of hydrogen-bond acceptors (Lipinski definition) is 10. The molecule has 1 amide bonds. The SMILES string of the molecule is CCOC(=O)c1sc(NC(=O)C(N=Nc2cc(C(=O)O)ccc2C(=O)O)=C(C)O)nc1C. The molecule has 12 nitrogen and oxygen atoms in total. The summed E-state index contributed by atoms with van der Waals surface area (Å²) in [6.07, 6.45) is 0. The van der Waals surface area contributed by atoms with E-state index in [-0.39, 0.29) is 33.4 Å². The lowest BCUT2D eigenvalue weighted by Crippen LogP contribution is -2.14. The Labute approximate surface area is 184 Å². The Hall–Kier alpha value is -4.13. The van der Waals surface area contributed by atoms with Crippen LogP contribution >= 0.6 is 11.3 Å². The fourth-order valence-electron chi connectivity index (χ4n) is 2.31. The van der Waals surface area contributed by atoms with Gasteiger partial charge in [-0.15, -0.1) is 10.2 Å². The van der Waals surface area contributed by atoms with Gasteiger partial charge in [0, 0.05) is 0 Å². The van der Waals surface area contributed by atoms with Gasteiger partial charge in [-0.2, -0.15) is 0 Å². The number of ether oxygens (including phenoxy) is 1. The molecule has 13 heteroatoms. The maximum Gasteiger partial charge on any atom is 0.350 e. The number of benzene rings is 1. The van der Waals surface area contributed by atoms with E-state index < -0.39 is 35.3 Å². The molecular formula is C19H18N4O8S. The molecule has 1 aromatic heterocycles. The molecule has 1 heterocycles. The fourth-order valence-corrected chi connectivity index (χ4v) is 3.16. The first kappa shape index (κ1) is 24.1. The number of allylic oxidation sites excluding steroid dienone is 1. The first-order valence-electron chi connectivity index (χ1n) is 8.93.